The highest BCUT2D eigenvalue weighted by Gasteiger charge is 2.31. The van der Waals surface area contributed by atoms with E-state index in [1.165, 1.54) is 29.2 Å². The number of hydrogen-bond donors (Lipinski definition) is 1. The molecule has 1 heterocycles. The number of primary amides is 1. The van der Waals surface area contributed by atoms with Gasteiger partial charge in [-0.15, -0.1) is 0 Å². The predicted octanol–water partition coefficient (Wildman–Crippen LogP) is 2.97. The average Bonchev–Trinajstić information content (AvgIpc) is 3.09. The second-order valence-electron chi connectivity index (χ2n) is 6.18. The van der Waals surface area contributed by atoms with Crippen LogP contribution in [0.25, 0.3) is 0 Å². The number of carbonyl (C=O) groups is 1. The lowest BCUT2D eigenvalue weighted by Crippen LogP contribution is -2.23. The molecule has 0 aliphatic heterocycles. The van der Waals surface area contributed by atoms with Crippen LogP contribution in [0.3, 0.4) is 0 Å². The van der Waals surface area contributed by atoms with Crippen molar-refractivity contribution >= 4 is 5.91 Å². The van der Waals surface area contributed by atoms with Crippen molar-refractivity contribution in [3.8, 4) is 6.07 Å². The fraction of sp³-hybridized carbons (Fsp3) is 0.158. The molecule has 0 saturated carbocycles. The average molecular weight is 403 g/mol. The molecule has 2 aromatic carbocycles. The van der Waals surface area contributed by atoms with E-state index in [9.17, 15) is 22.4 Å². The Morgan fingerprint density at radius 2 is 1.90 bits per heavy atom. The molecule has 0 aliphatic carbocycles. The standard InChI is InChI=1S/C19H13F4N5O/c20-15-7-11(1-2-13(15)8-24)10-28-26-9-16(27-28)17(18(25)29)12-3-5-14(6-4-12)19(21,22)23/h1-7,9,17H,10H2,(H2,25,29). The molecular formula is C19H13F4N5O. The molecule has 2 N–H and O–H groups in total. The first kappa shape index (κ1) is 20.0. The van der Waals surface area contributed by atoms with Gasteiger partial charge in [-0.25, -0.2) is 4.39 Å². The lowest BCUT2D eigenvalue weighted by atomic mass is 9.94. The molecule has 10 heteroatoms. The second-order valence-corrected chi connectivity index (χ2v) is 6.18. The third-order valence-corrected chi connectivity index (χ3v) is 4.18. The Balaban J connectivity index is 1.85. The molecule has 0 radical (unpaired) electrons. The highest BCUT2D eigenvalue weighted by Crippen LogP contribution is 2.31. The molecule has 0 fully saturated rings. The number of carbonyl (C=O) groups excluding carboxylic acids is 1. The Labute approximate surface area is 162 Å². The molecule has 29 heavy (non-hydrogen) atoms. The molecule has 6 nitrogen and oxygen atoms in total. The SMILES string of the molecule is N#Cc1ccc(Cn2ncc(C(C(N)=O)c3ccc(C(F)(F)F)cc3)n2)cc1F. The number of halogens is 4. The summed E-state index contributed by atoms with van der Waals surface area (Å²) in [7, 11) is 0. The lowest BCUT2D eigenvalue weighted by Gasteiger charge is -2.12. The van der Waals surface area contributed by atoms with Gasteiger partial charge >= 0.3 is 6.18 Å². The quantitative estimate of drug-likeness (QED) is 0.663. The Morgan fingerprint density at radius 1 is 1.21 bits per heavy atom. The first-order chi connectivity index (χ1) is 13.7. The Kier molecular flexibility index (Phi) is 5.32. The van der Waals surface area contributed by atoms with Crippen LogP contribution >= 0.6 is 0 Å². The molecule has 3 aromatic rings. The maximum atomic E-state index is 13.7. The number of nitrogens with two attached hydrogens (primary N) is 1. The molecule has 0 saturated heterocycles. The van der Waals surface area contributed by atoms with E-state index < -0.39 is 29.4 Å². The van der Waals surface area contributed by atoms with Crippen molar-refractivity contribution in [3.63, 3.8) is 0 Å². The molecule has 148 valence electrons. The smallest absolute Gasteiger partial charge is 0.369 e. The third-order valence-electron chi connectivity index (χ3n) is 4.18. The number of hydrogen-bond acceptors (Lipinski definition) is 4. The van der Waals surface area contributed by atoms with Crippen molar-refractivity contribution in [2.75, 3.05) is 0 Å². The minimum Gasteiger partial charge on any atom is -0.369 e. The van der Waals surface area contributed by atoms with E-state index in [4.69, 9.17) is 11.0 Å². The monoisotopic (exact) mass is 403 g/mol. The molecule has 1 unspecified atom stereocenters. The molecule has 0 bridgehead atoms. The molecule has 1 aromatic heterocycles. The van der Waals surface area contributed by atoms with Gasteiger partial charge in [0.05, 0.1) is 29.6 Å². The zero-order chi connectivity index (χ0) is 21.2. The van der Waals surface area contributed by atoms with Gasteiger partial charge < -0.3 is 5.73 Å². The van der Waals surface area contributed by atoms with Crippen molar-refractivity contribution in [1.82, 2.24) is 15.0 Å². The fourth-order valence-electron chi connectivity index (χ4n) is 2.78. The predicted molar refractivity (Wildman–Crippen MR) is 92.7 cm³/mol. The van der Waals surface area contributed by atoms with E-state index in [0.29, 0.717) is 5.56 Å². The normalized spacial score (nSPS) is 12.4. The van der Waals surface area contributed by atoms with Crippen molar-refractivity contribution in [3.05, 3.63) is 82.4 Å². The van der Waals surface area contributed by atoms with Crippen molar-refractivity contribution in [1.29, 1.82) is 5.26 Å². The first-order valence-electron chi connectivity index (χ1n) is 8.24. The maximum Gasteiger partial charge on any atom is 0.416 e. The Bertz CT molecular complexity index is 1080. The van der Waals surface area contributed by atoms with Crippen LogP contribution < -0.4 is 5.73 Å². The fourth-order valence-corrected chi connectivity index (χ4v) is 2.78. The van der Waals surface area contributed by atoms with Crippen LogP contribution in [0.15, 0.2) is 48.7 Å². The molecule has 0 spiro atoms. The van der Waals surface area contributed by atoms with E-state index in [0.717, 1.165) is 24.3 Å². The summed E-state index contributed by atoms with van der Waals surface area (Å²) < 4.78 is 51.9. The van der Waals surface area contributed by atoms with Gasteiger partial charge in [-0.3, -0.25) is 4.79 Å². The third kappa shape index (κ3) is 4.40. The lowest BCUT2D eigenvalue weighted by molar-refractivity contribution is -0.137. The van der Waals surface area contributed by atoms with Gasteiger partial charge in [0.2, 0.25) is 5.91 Å². The number of nitriles is 1. The number of nitrogens with zero attached hydrogens (tertiary/aromatic N) is 4. The minimum absolute atomic E-state index is 0.0567. The summed E-state index contributed by atoms with van der Waals surface area (Å²) in [5, 5.41) is 16.9. The summed E-state index contributed by atoms with van der Waals surface area (Å²) in [4.78, 5) is 13.1. The summed E-state index contributed by atoms with van der Waals surface area (Å²) in [6.45, 7) is 0.0567. The summed E-state index contributed by atoms with van der Waals surface area (Å²) in [6.07, 6.45) is -3.23. The molecule has 3 rings (SSSR count). The molecule has 1 atom stereocenters. The van der Waals surface area contributed by atoms with Gasteiger partial charge in [-0.05, 0) is 35.4 Å². The molecule has 1 amide bonds. The number of alkyl halides is 3. The van der Waals surface area contributed by atoms with Crippen molar-refractivity contribution in [2.24, 2.45) is 5.73 Å². The van der Waals surface area contributed by atoms with Gasteiger partial charge in [-0.2, -0.15) is 33.4 Å². The van der Waals surface area contributed by atoms with Gasteiger partial charge in [0.15, 0.2) is 0 Å². The molecule has 0 aliphatic rings. The van der Waals surface area contributed by atoms with E-state index in [1.54, 1.807) is 6.07 Å². The summed E-state index contributed by atoms with van der Waals surface area (Å²) in [6, 6.07) is 9.77. The Morgan fingerprint density at radius 3 is 2.45 bits per heavy atom. The first-order valence-corrected chi connectivity index (χ1v) is 8.24. The van der Waals surface area contributed by atoms with Crippen molar-refractivity contribution < 1.29 is 22.4 Å². The van der Waals surface area contributed by atoms with Crippen LogP contribution in [0, 0.1) is 17.1 Å². The van der Waals surface area contributed by atoms with E-state index in [1.807, 2.05) is 0 Å². The van der Waals surface area contributed by atoms with E-state index in [2.05, 4.69) is 10.2 Å². The summed E-state index contributed by atoms with van der Waals surface area (Å²) >= 11 is 0. The van der Waals surface area contributed by atoms with Crippen LogP contribution in [-0.2, 0) is 17.5 Å². The Hall–Kier alpha value is -3.74. The summed E-state index contributed by atoms with van der Waals surface area (Å²) in [5.41, 5.74) is 5.33. The highest BCUT2D eigenvalue weighted by molar-refractivity contribution is 5.85. The van der Waals surface area contributed by atoms with Gasteiger partial charge in [0, 0.05) is 0 Å². The highest BCUT2D eigenvalue weighted by atomic mass is 19.4. The maximum absolute atomic E-state index is 13.7. The summed E-state index contributed by atoms with van der Waals surface area (Å²) in [5.74, 6) is -2.58. The van der Waals surface area contributed by atoms with Gasteiger partial charge in [-0.1, -0.05) is 18.2 Å². The van der Waals surface area contributed by atoms with Crippen LogP contribution in [0.4, 0.5) is 17.6 Å². The van der Waals surface area contributed by atoms with Crippen LogP contribution in [0.2, 0.25) is 0 Å². The van der Waals surface area contributed by atoms with Crippen LogP contribution in [0.1, 0.15) is 33.9 Å². The number of benzene rings is 2. The van der Waals surface area contributed by atoms with Gasteiger partial charge in [0.25, 0.3) is 0 Å². The number of rotatable bonds is 5. The van der Waals surface area contributed by atoms with Crippen molar-refractivity contribution in [2.45, 2.75) is 18.6 Å². The minimum atomic E-state index is -4.50. The molecular weight excluding hydrogens is 390 g/mol. The number of aromatic nitrogens is 3. The second kappa shape index (κ2) is 7.71. The zero-order valence-electron chi connectivity index (χ0n) is 14.7. The van der Waals surface area contributed by atoms with Crippen LogP contribution in [0.5, 0.6) is 0 Å². The van der Waals surface area contributed by atoms with E-state index in [-0.39, 0.29) is 23.4 Å². The van der Waals surface area contributed by atoms with E-state index >= 15 is 0 Å². The largest absolute Gasteiger partial charge is 0.416 e. The van der Waals surface area contributed by atoms with Gasteiger partial charge in [0.1, 0.15) is 17.8 Å². The number of amides is 1. The van der Waals surface area contributed by atoms with Crippen LogP contribution in [-0.4, -0.2) is 20.9 Å². The topological polar surface area (TPSA) is 97.6 Å². The zero-order valence-corrected chi connectivity index (χ0v) is 14.7.